The predicted octanol–water partition coefficient (Wildman–Crippen LogP) is 0.853. The molecule has 0 atom stereocenters. The lowest BCUT2D eigenvalue weighted by Crippen LogP contribution is -2.35. The van der Waals surface area contributed by atoms with Crippen molar-refractivity contribution < 1.29 is 9.90 Å². The first-order valence-corrected chi connectivity index (χ1v) is 6.66. The van der Waals surface area contributed by atoms with Gasteiger partial charge < -0.3 is 15.3 Å². The minimum Gasteiger partial charge on any atom is -0.396 e. The summed E-state index contributed by atoms with van der Waals surface area (Å²) < 4.78 is 0. The maximum atomic E-state index is 11.9. The lowest BCUT2D eigenvalue weighted by atomic mass is 9.82. The van der Waals surface area contributed by atoms with Gasteiger partial charge in [0.25, 0.3) is 0 Å². The smallest absolute Gasteiger partial charge is 0.223 e. The summed E-state index contributed by atoms with van der Waals surface area (Å²) in [6, 6.07) is 0. The molecule has 0 heterocycles. The lowest BCUT2D eigenvalue weighted by molar-refractivity contribution is -0.126. The van der Waals surface area contributed by atoms with Crippen LogP contribution in [-0.4, -0.2) is 49.7 Å². The van der Waals surface area contributed by atoms with E-state index in [9.17, 15) is 4.79 Å². The number of aliphatic hydroxyl groups is 1. The lowest BCUT2D eigenvalue weighted by Gasteiger charge is -2.26. The van der Waals surface area contributed by atoms with Crippen molar-refractivity contribution in [2.75, 3.05) is 33.8 Å². The van der Waals surface area contributed by atoms with E-state index < -0.39 is 0 Å². The molecule has 1 fully saturated rings. The summed E-state index contributed by atoms with van der Waals surface area (Å²) in [5.41, 5.74) is 0. The van der Waals surface area contributed by atoms with Crippen molar-refractivity contribution in [2.45, 2.75) is 32.1 Å². The second kappa shape index (κ2) is 7.67. The standard InChI is InChI=1S/C13H26N2O2/c1-15(2)9-3-8-14-13(17)12-6-4-11(10-16)5-7-12/h11-12,16H,3-10H2,1-2H3,(H,14,17). The van der Waals surface area contributed by atoms with E-state index in [1.165, 1.54) is 0 Å². The van der Waals surface area contributed by atoms with Crippen molar-refractivity contribution in [1.82, 2.24) is 10.2 Å². The van der Waals surface area contributed by atoms with Gasteiger partial charge in [0.1, 0.15) is 0 Å². The van der Waals surface area contributed by atoms with Crippen molar-refractivity contribution in [3.63, 3.8) is 0 Å². The molecule has 1 rings (SSSR count). The molecule has 0 unspecified atom stereocenters. The van der Waals surface area contributed by atoms with Crippen molar-refractivity contribution in [1.29, 1.82) is 0 Å². The van der Waals surface area contributed by atoms with E-state index in [0.717, 1.165) is 45.2 Å². The minimum atomic E-state index is 0.178. The van der Waals surface area contributed by atoms with Gasteiger partial charge in [-0.1, -0.05) is 0 Å². The molecule has 1 amide bonds. The molecule has 0 aromatic heterocycles. The van der Waals surface area contributed by atoms with Gasteiger partial charge in [-0.2, -0.15) is 0 Å². The summed E-state index contributed by atoms with van der Waals surface area (Å²) >= 11 is 0. The number of carbonyl (C=O) groups is 1. The fourth-order valence-corrected chi connectivity index (χ4v) is 2.36. The van der Waals surface area contributed by atoms with Gasteiger partial charge in [-0.05, 0) is 58.7 Å². The van der Waals surface area contributed by atoms with Crippen LogP contribution in [0.5, 0.6) is 0 Å². The van der Waals surface area contributed by atoms with Crippen molar-refractivity contribution >= 4 is 5.91 Å². The first-order chi connectivity index (χ1) is 8.13. The molecule has 0 spiro atoms. The Morgan fingerprint density at radius 1 is 1.29 bits per heavy atom. The van der Waals surface area contributed by atoms with E-state index in [1.54, 1.807) is 0 Å². The van der Waals surface area contributed by atoms with E-state index in [2.05, 4.69) is 10.2 Å². The number of amides is 1. The molecule has 100 valence electrons. The van der Waals surface area contributed by atoms with E-state index >= 15 is 0 Å². The quantitative estimate of drug-likeness (QED) is 0.679. The van der Waals surface area contributed by atoms with Crippen molar-refractivity contribution in [3.05, 3.63) is 0 Å². The van der Waals surface area contributed by atoms with Crippen LogP contribution in [0.1, 0.15) is 32.1 Å². The van der Waals surface area contributed by atoms with E-state index in [-0.39, 0.29) is 18.4 Å². The highest BCUT2D eigenvalue weighted by atomic mass is 16.3. The maximum absolute atomic E-state index is 11.9. The normalized spacial score (nSPS) is 24.9. The molecule has 0 aromatic rings. The molecule has 1 saturated carbocycles. The molecule has 0 aliphatic heterocycles. The van der Waals surface area contributed by atoms with Crippen molar-refractivity contribution in [3.8, 4) is 0 Å². The molecule has 4 nitrogen and oxygen atoms in total. The van der Waals surface area contributed by atoms with Crippen LogP contribution in [0.25, 0.3) is 0 Å². The number of hydrogen-bond acceptors (Lipinski definition) is 3. The van der Waals surface area contributed by atoms with Gasteiger partial charge in [-0.3, -0.25) is 4.79 Å². The highest BCUT2D eigenvalue weighted by molar-refractivity contribution is 5.78. The van der Waals surface area contributed by atoms with Crippen LogP contribution in [0.4, 0.5) is 0 Å². The molecule has 0 bridgehead atoms. The predicted molar refractivity (Wildman–Crippen MR) is 68.7 cm³/mol. The molecule has 1 aliphatic rings. The van der Waals surface area contributed by atoms with Gasteiger partial charge in [0.05, 0.1) is 0 Å². The molecule has 1 aliphatic carbocycles. The Bertz CT molecular complexity index is 223. The van der Waals surface area contributed by atoms with E-state index in [4.69, 9.17) is 5.11 Å². The minimum absolute atomic E-state index is 0.178. The number of hydrogen-bond donors (Lipinski definition) is 2. The average molecular weight is 242 g/mol. The Balaban J connectivity index is 2.12. The van der Waals surface area contributed by atoms with Crippen LogP contribution in [0.15, 0.2) is 0 Å². The Morgan fingerprint density at radius 3 is 2.47 bits per heavy atom. The summed E-state index contributed by atoms with van der Waals surface area (Å²) in [5.74, 6) is 0.810. The maximum Gasteiger partial charge on any atom is 0.223 e. The largest absolute Gasteiger partial charge is 0.396 e. The number of carbonyl (C=O) groups excluding carboxylic acids is 1. The number of rotatable bonds is 6. The molecule has 0 saturated heterocycles. The molecule has 2 N–H and O–H groups in total. The zero-order valence-corrected chi connectivity index (χ0v) is 11.1. The molecule has 0 radical (unpaired) electrons. The summed E-state index contributed by atoms with van der Waals surface area (Å²) in [6.07, 6.45) is 4.86. The fraction of sp³-hybridized carbons (Fsp3) is 0.923. The highest BCUT2D eigenvalue weighted by Crippen LogP contribution is 2.28. The van der Waals surface area contributed by atoms with Crippen LogP contribution in [0.2, 0.25) is 0 Å². The van der Waals surface area contributed by atoms with Crippen LogP contribution < -0.4 is 5.32 Å². The summed E-state index contributed by atoms with van der Waals surface area (Å²) in [5, 5.41) is 12.0. The molecule has 0 aromatic carbocycles. The second-order valence-electron chi connectivity index (χ2n) is 5.35. The zero-order valence-electron chi connectivity index (χ0n) is 11.1. The van der Waals surface area contributed by atoms with Gasteiger partial charge in [0.2, 0.25) is 5.91 Å². The van der Waals surface area contributed by atoms with Gasteiger partial charge in [0.15, 0.2) is 0 Å². The first-order valence-electron chi connectivity index (χ1n) is 6.66. The molecular formula is C13H26N2O2. The van der Waals surface area contributed by atoms with Crippen LogP contribution in [0, 0.1) is 11.8 Å². The SMILES string of the molecule is CN(C)CCCNC(=O)C1CCC(CO)CC1. The second-order valence-corrected chi connectivity index (χ2v) is 5.35. The Kier molecular flexibility index (Phi) is 6.52. The molecular weight excluding hydrogens is 216 g/mol. The first kappa shape index (κ1) is 14.5. The third-order valence-corrected chi connectivity index (χ3v) is 3.56. The van der Waals surface area contributed by atoms with Crippen LogP contribution in [0.3, 0.4) is 0 Å². The Morgan fingerprint density at radius 2 is 1.94 bits per heavy atom. The third-order valence-electron chi connectivity index (χ3n) is 3.56. The number of nitrogens with one attached hydrogen (secondary N) is 1. The fourth-order valence-electron chi connectivity index (χ4n) is 2.36. The van der Waals surface area contributed by atoms with Gasteiger partial charge in [-0.25, -0.2) is 0 Å². The molecule has 4 heteroatoms. The zero-order chi connectivity index (χ0) is 12.7. The van der Waals surface area contributed by atoms with Crippen molar-refractivity contribution in [2.24, 2.45) is 11.8 Å². The highest BCUT2D eigenvalue weighted by Gasteiger charge is 2.25. The number of aliphatic hydroxyl groups excluding tert-OH is 1. The third kappa shape index (κ3) is 5.50. The van der Waals surface area contributed by atoms with Gasteiger partial charge in [-0.15, -0.1) is 0 Å². The summed E-state index contributed by atoms with van der Waals surface area (Å²) in [7, 11) is 4.08. The molecule has 17 heavy (non-hydrogen) atoms. The van der Waals surface area contributed by atoms with E-state index in [0.29, 0.717) is 5.92 Å². The summed E-state index contributed by atoms with van der Waals surface area (Å²) in [4.78, 5) is 14.0. The van der Waals surface area contributed by atoms with E-state index in [1.807, 2.05) is 14.1 Å². The van der Waals surface area contributed by atoms with Gasteiger partial charge >= 0.3 is 0 Å². The monoisotopic (exact) mass is 242 g/mol. The summed E-state index contributed by atoms with van der Waals surface area (Å²) in [6.45, 7) is 2.06. The topological polar surface area (TPSA) is 52.6 Å². The van der Waals surface area contributed by atoms with Crippen LogP contribution in [-0.2, 0) is 4.79 Å². The Labute approximate surface area is 104 Å². The number of nitrogens with zero attached hydrogens (tertiary/aromatic N) is 1. The van der Waals surface area contributed by atoms with Crippen LogP contribution >= 0.6 is 0 Å². The van der Waals surface area contributed by atoms with Gasteiger partial charge in [0, 0.05) is 19.1 Å². The Hall–Kier alpha value is -0.610. The average Bonchev–Trinajstić information content (AvgIpc) is 2.34.